The first-order chi connectivity index (χ1) is 14.4. The van der Waals surface area contributed by atoms with Crippen molar-refractivity contribution in [3.8, 4) is 29.6 Å². The highest BCUT2D eigenvalue weighted by atomic mass is 16.5. The molecule has 30 heavy (non-hydrogen) atoms. The Morgan fingerprint density at radius 1 is 1.07 bits per heavy atom. The number of benzene rings is 2. The van der Waals surface area contributed by atoms with Gasteiger partial charge in [0.2, 0.25) is 0 Å². The SMILES string of the molecule is C#CCOc1ccc(/C=C/C(=O)c2cccc(OCC(=O)N(C)C)c2)cc1OCC. The van der Waals surface area contributed by atoms with Crippen LogP contribution in [0.25, 0.3) is 6.08 Å². The molecule has 0 atom stereocenters. The highest BCUT2D eigenvalue weighted by molar-refractivity contribution is 6.07. The number of hydrogen-bond donors (Lipinski definition) is 0. The van der Waals surface area contributed by atoms with E-state index in [1.54, 1.807) is 56.6 Å². The number of nitrogens with zero attached hydrogens (tertiary/aromatic N) is 1. The Balaban J connectivity index is 2.10. The van der Waals surface area contributed by atoms with Crippen molar-refractivity contribution in [2.75, 3.05) is 33.9 Å². The largest absolute Gasteiger partial charge is 0.490 e. The maximum atomic E-state index is 12.5. The Labute approximate surface area is 177 Å². The third-order valence-corrected chi connectivity index (χ3v) is 3.99. The van der Waals surface area contributed by atoms with Crippen molar-refractivity contribution in [1.82, 2.24) is 4.90 Å². The zero-order chi connectivity index (χ0) is 21.9. The lowest BCUT2D eigenvalue weighted by atomic mass is 10.1. The van der Waals surface area contributed by atoms with E-state index in [4.69, 9.17) is 20.6 Å². The maximum Gasteiger partial charge on any atom is 0.259 e. The van der Waals surface area contributed by atoms with Crippen LogP contribution >= 0.6 is 0 Å². The van der Waals surface area contributed by atoms with Gasteiger partial charge in [-0.2, -0.15) is 0 Å². The van der Waals surface area contributed by atoms with Crippen LogP contribution in [0.15, 0.2) is 48.5 Å². The van der Waals surface area contributed by atoms with Crippen LogP contribution in [0.3, 0.4) is 0 Å². The van der Waals surface area contributed by atoms with Crippen LogP contribution in [0.5, 0.6) is 17.2 Å². The van der Waals surface area contributed by atoms with E-state index < -0.39 is 0 Å². The number of ketones is 1. The summed E-state index contributed by atoms with van der Waals surface area (Å²) in [7, 11) is 3.31. The number of carbonyl (C=O) groups is 2. The number of terminal acetylenes is 1. The van der Waals surface area contributed by atoms with Crippen molar-refractivity contribution in [3.05, 3.63) is 59.7 Å². The summed E-state index contributed by atoms with van der Waals surface area (Å²) >= 11 is 0. The molecule has 0 fully saturated rings. The molecule has 0 bridgehead atoms. The number of ether oxygens (including phenoxy) is 3. The van der Waals surface area contributed by atoms with Gasteiger partial charge >= 0.3 is 0 Å². The molecule has 0 heterocycles. The molecule has 0 aromatic heterocycles. The maximum absolute atomic E-state index is 12.5. The molecule has 0 aliphatic carbocycles. The smallest absolute Gasteiger partial charge is 0.259 e. The molecule has 6 nitrogen and oxygen atoms in total. The minimum absolute atomic E-state index is 0.0885. The van der Waals surface area contributed by atoms with E-state index in [-0.39, 0.29) is 24.9 Å². The number of allylic oxidation sites excluding steroid dienone is 1. The minimum Gasteiger partial charge on any atom is -0.490 e. The third kappa shape index (κ3) is 6.71. The van der Waals surface area contributed by atoms with Crippen molar-refractivity contribution in [3.63, 3.8) is 0 Å². The van der Waals surface area contributed by atoms with E-state index in [0.717, 1.165) is 5.56 Å². The van der Waals surface area contributed by atoms with Gasteiger partial charge in [-0.05, 0) is 42.8 Å². The van der Waals surface area contributed by atoms with Crippen LogP contribution in [0.1, 0.15) is 22.8 Å². The lowest BCUT2D eigenvalue weighted by molar-refractivity contribution is -0.130. The lowest BCUT2D eigenvalue weighted by Gasteiger charge is -2.11. The van der Waals surface area contributed by atoms with Crippen LogP contribution in [-0.4, -0.2) is 50.5 Å². The molecule has 6 heteroatoms. The summed E-state index contributed by atoms with van der Waals surface area (Å²) < 4.78 is 16.5. The molecular weight excluding hydrogens is 382 g/mol. The molecule has 0 saturated carbocycles. The molecule has 2 aromatic carbocycles. The molecule has 0 saturated heterocycles. The Kier molecular flexibility index (Phi) is 8.52. The van der Waals surface area contributed by atoms with Gasteiger partial charge in [0.15, 0.2) is 23.9 Å². The molecule has 156 valence electrons. The molecule has 0 N–H and O–H groups in total. The van der Waals surface area contributed by atoms with Crippen molar-refractivity contribution < 1.29 is 23.8 Å². The first-order valence-electron chi connectivity index (χ1n) is 9.43. The van der Waals surface area contributed by atoms with Crippen molar-refractivity contribution in [2.24, 2.45) is 0 Å². The van der Waals surface area contributed by atoms with Crippen LogP contribution in [0, 0.1) is 12.3 Å². The Morgan fingerprint density at radius 2 is 1.87 bits per heavy atom. The highest BCUT2D eigenvalue weighted by Gasteiger charge is 2.08. The van der Waals surface area contributed by atoms with E-state index in [9.17, 15) is 9.59 Å². The fourth-order valence-corrected chi connectivity index (χ4v) is 2.42. The zero-order valence-electron chi connectivity index (χ0n) is 17.4. The van der Waals surface area contributed by atoms with Crippen LogP contribution in [0.4, 0.5) is 0 Å². The van der Waals surface area contributed by atoms with Gasteiger partial charge in [-0.15, -0.1) is 6.42 Å². The first kappa shape index (κ1) is 22.6. The summed E-state index contributed by atoms with van der Waals surface area (Å²) in [4.78, 5) is 25.6. The summed E-state index contributed by atoms with van der Waals surface area (Å²) in [5.74, 6) is 3.63. The van der Waals surface area contributed by atoms with E-state index in [0.29, 0.717) is 29.4 Å². The monoisotopic (exact) mass is 407 g/mol. The highest BCUT2D eigenvalue weighted by Crippen LogP contribution is 2.29. The van der Waals surface area contributed by atoms with Crippen molar-refractivity contribution in [1.29, 1.82) is 0 Å². The first-order valence-corrected chi connectivity index (χ1v) is 9.43. The van der Waals surface area contributed by atoms with Gasteiger partial charge in [-0.1, -0.05) is 30.2 Å². The standard InChI is InChI=1S/C24H25NO5/c1-5-14-29-22-13-11-18(15-23(22)28-6-2)10-12-21(26)19-8-7-9-20(16-19)30-17-24(27)25(3)4/h1,7-13,15-16H,6,14,17H2,2-4H3/b12-10+. The predicted octanol–water partition coefficient (Wildman–Crippen LogP) is 3.46. The molecular formula is C24H25NO5. The Bertz CT molecular complexity index is 956. The van der Waals surface area contributed by atoms with E-state index in [2.05, 4.69) is 5.92 Å². The second-order valence-corrected chi connectivity index (χ2v) is 6.43. The van der Waals surface area contributed by atoms with Gasteiger partial charge in [0, 0.05) is 19.7 Å². The van der Waals surface area contributed by atoms with Gasteiger partial charge in [0.25, 0.3) is 5.91 Å². The summed E-state index contributed by atoms with van der Waals surface area (Å²) in [6.07, 6.45) is 8.39. The molecule has 2 aromatic rings. The van der Waals surface area contributed by atoms with Gasteiger partial charge < -0.3 is 19.1 Å². The average molecular weight is 407 g/mol. The fraction of sp³-hybridized carbons (Fsp3) is 0.250. The predicted molar refractivity (Wildman–Crippen MR) is 116 cm³/mol. The number of rotatable bonds is 10. The van der Waals surface area contributed by atoms with Gasteiger partial charge in [-0.3, -0.25) is 9.59 Å². The number of carbonyl (C=O) groups excluding carboxylic acids is 2. The topological polar surface area (TPSA) is 65.1 Å². The van der Waals surface area contributed by atoms with Gasteiger partial charge in [0.05, 0.1) is 6.61 Å². The summed E-state index contributed by atoms with van der Waals surface area (Å²) in [5.41, 5.74) is 1.24. The van der Waals surface area contributed by atoms with Crippen LogP contribution < -0.4 is 14.2 Å². The zero-order valence-corrected chi connectivity index (χ0v) is 17.4. The van der Waals surface area contributed by atoms with E-state index in [1.807, 2.05) is 13.0 Å². The summed E-state index contributed by atoms with van der Waals surface area (Å²) in [6, 6.07) is 12.1. The molecule has 0 aliphatic rings. The number of likely N-dealkylation sites (N-methyl/N-ethyl adjacent to an activating group) is 1. The normalized spacial score (nSPS) is 10.3. The second-order valence-electron chi connectivity index (χ2n) is 6.43. The Morgan fingerprint density at radius 3 is 2.57 bits per heavy atom. The number of hydrogen-bond acceptors (Lipinski definition) is 5. The molecule has 0 spiro atoms. The molecule has 1 amide bonds. The van der Waals surface area contributed by atoms with Crippen LogP contribution in [-0.2, 0) is 4.79 Å². The fourth-order valence-electron chi connectivity index (χ4n) is 2.42. The van der Waals surface area contributed by atoms with Crippen molar-refractivity contribution >= 4 is 17.8 Å². The molecule has 0 aliphatic heterocycles. The Hall–Kier alpha value is -3.72. The summed E-state index contributed by atoms with van der Waals surface area (Å²) in [5, 5.41) is 0. The molecule has 0 unspecified atom stereocenters. The quantitative estimate of drug-likeness (QED) is 0.343. The average Bonchev–Trinajstić information content (AvgIpc) is 2.75. The van der Waals surface area contributed by atoms with Crippen LogP contribution in [0.2, 0.25) is 0 Å². The summed E-state index contributed by atoms with van der Waals surface area (Å²) in [6.45, 7) is 2.40. The van der Waals surface area contributed by atoms with Gasteiger partial charge in [-0.25, -0.2) is 0 Å². The van der Waals surface area contributed by atoms with E-state index >= 15 is 0 Å². The molecule has 2 rings (SSSR count). The van der Waals surface area contributed by atoms with E-state index in [1.165, 1.54) is 11.0 Å². The lowest BCUT2D eigenvalue weighted by Crippen LogP contribution is -2.27. The third-order valence-electron chi connectivity index (χ3n) is 3.99. The molecule has 0 radical (unpaired) electrons. The minimum atomic E-state index is -0.190. The second kappa shape index (κ2) is 11.3. The van der Waals surface area contributed by atoms with Gasteiger partial charge in [0.1, 0.15) is 12.4 Å². The van der Waals surface area contributed by atoms with Crippen molar-refractivity contribution in [2.45, 2.75) is 6.92 Å². The number of amides is 1.